The fourth-order valence-corrected chi connectivity index (χ4v) is 2.54. The lowest BCUT2D eigenvalue weighted by Crippen LogP contribution is -3.05. The summed E-state index contributed by atoms with van der Waals surface area (Å²) in [5.41, 5.74) is 2.47. The number of aromatic nitrogens is 1. The molecule has 1 heterocycles. The summed E-state index contributed by atoms with van der Waals surface area (Å²) in [6.45, 7) is 1.88. The summed E-state index contributed by atoms with van der Waals surface area (Å²) in [4.78, 5) is 16.4. The van der Waals surface area contributed by atoms with Gasteiger partial charge in [-0.15, -0.1) is 0 Å². The van der Waals surface area contributed by atoms with E-state index in [0.717, 1.165) is 32.4 Å². The highest BCUT2D eigenvalue weighted by molar-refractivity contribution is 5.83. The zero-order valence-corrected chi connectivity index (χ0v) is 13.0. The SMILES string of the molecule is C[NH+](C)CCCNC(=O)CCCc1c[nH]c2ccccc12. The average molecular weight is 288 g/mol. The Morgan fingerprint density at radius 3 is 2.86 bits per heavy atom. The van der Waals surface area contributed by atoms with Crippen LogP contribution < -0.4 is 10.2 Å². The number of benzene rings is 1. The molecule has 0 atom stereocenters. The minimum absolute atomic E-state index is 0.170. The van der Waals surface area contributed by atoms with Gasteiger partial charge in [-0.1, -0.05) is 18.2 Å². The minimum Gasteiger partial charge on any atom is -0.361 e. The van der Waals surface area contributed by atoms with Crippen molar-refractivity contribution < 1.29 is 9.69 Å². The normalized spacial score (nSPS) is 11.2. The van der Waals surface area contributed by atoms with Gasteiger partial charge in [0, 0.05) is 36.5 Å². The molecule has 0 spiro atoms. The second-order valence-electron chi connectivity index (χ2n) is 5.87. The summed E-state index contributed by atoms with van der Waals surface area (Å²) in [7, 11) is 4.26. The Balaban J connectivity index is 1.68. The molecule has 4 heteroatoms. The maximum atomic E-state index is 11.8. The molecule has 1 amide bonds. The molecule has 1 aromatic carbocycles. The summed E-state index contributed by atoms with van der Waals surface area (Å²) in [5, 5.41) is 4.27. The first-order valence-electron chi connectivity index (χ1n) is 7.77. The van der Waals surface area contributed by atoms with Crippen LogP contribution in [0.4, 0.5) is 0 Å². The van der Waals surface area contributed by atoms with Gasteiger partial charge in [0.25, 0.3) is 0 Å². The highest BCUT2D eigenvalue weighted by atomic mass is 16.1. The van der Waals surface area contributed by atoms with E-state index in [-0.39, 0.29) is 5.91 Å². The van der Waals surface area contributed by atoms with Crippen LogP contribution in [0.5, 0.6) is 0 Å². The first-order valence-corrected chi connectivity index (χ1v) is 7.77. The lowest BCUT2D eigenvalue weighted by atomic mass is 10.1. The van der Waals surface area contributed by atoms with Crippen LogP contribution >= 0.6 is 0 Å². The fourth-order valence-electron chi connectivity index (χ4n) is 2.54. The van der Waals surface area contributed by atoms with E-state index in [1.807, 2.05) is 6.07 Å². The number of carbonyl (C=O) groups is 1. The highest BCUT2D eigenvalue weighted by Gasteiger charge is 2.05. The van der Waals surface area contributed by atoms with E-state index in [2.05, 4.69) is 48.8 Å². The second-order valence-corrected chi connectivity index (χ2v) is 5.87. The smallest absolute Gasteiger partial charge is 0.220 e. The number of H-pyrrole nitrogens is 1. The Hall–Kier alpha value is -1.81. The molecule has 114 valence electrons. The minimum atomic E-state index is 0.170. The molecule has 21 heavy (non-hydrogen) atoms. The third kappa shape index (κ3) is 4.90. The zero-order valence-electron chi connectivity index (χ0n) is 13.0. The number of aryl methyl sites for hydroxylation is 1. The van der Waals surface area contributed by atoms with Crippen LogP contribution in [-0.2, 0) is 11.2 Å². The van der Waals surface area contributed by atoms with Crippen molar-refractivity contribution in [2.24, 2.45) is 0 Å². The van der Waals surface area contributed by atoms with Gasteiger partial charge in [-0.3, -0.25) is 4.79 Å². The number of rotatable bonds is 8. The molecule has 0 saturated carbocycles. The van der Waals surface area contributed by atoms with E-state index in [4.69, 9.17) is 0 Å². The lowest BCUT2D eigenvalue weighted by molar-refractivity contribution is -0.858. The van der Waals surface area contributed by atoms with E-state index in [1.165, 1.54) is 21.4 Å². The molecule has 1 aromatic heterocycles. The maximum Gasteiger partial charge on any atom is 0.220 e. The number of aromatic amines is 1. The van der Waals surface area contributed by atoms with Crippen LogP contribution in [0, 0.1) is 0 Å². The molecule has 0 bridgehead atoms. The van der Waals surface area contributed by atoms with E-state index >= 15 is 0 Å². The molecule has 0 saturated heterocycles. The van der Waals surface area contributed by atoms with Gasteiger partial charge in [0.05, 0.1) is 20.6 Å². The van der Waals surface area contributed by atoms with Crippen LogP contribution in [0.3, 0.4) is 0 Å². The molecule has 2 aromatic rings. The van der Waals surface area contributed by atoms with Crippen molar-refractivity contribution in [2.75, 3.05) is 27.2 Å². The summed E-state index contributed by atoms with van der Waals surface area (Å²) in [6, 6.07) is 8.30. The average Bonchev–Trinajstić information content (AvgIpc) is 2.87. The standard InChI is InChI=1S/C17H25N3O/c1-20(2)12-6-11-18-17(21)10-5-7-14-13-19-16-9-4-3-8-15(14)16/h3-4,8-9,13,19H,5-7,10-12H2,1-2H3,(H,18,21)/p+1. The van der Waals surface area contributed by atoms with Crippen molar-refractivity contribution in [1.82, 2.24) is 10.3 Å². The van der Waals surface area contributed by atoms with Crippen LogP contribution in [0.25, 0.3) is 10.9 Å². The third-order valence-electron chi connectivity index (χ3n) is 3.70. The number of fused-ring (bicyclic) bond motifs is 1. The van der Waals surface area contributed by atoms with Gasteiger partial charge < -0.3 is 15.2 Å². The van der Waals surface area contributed by atoms with Crippen molar-refractivity contribution >= 4 is 16.8 Å². The maximum absolute atomic E-state index is 11.8. The summed E-state index contributed by atoms with van der Waals surface area (Å²) in [6.07, 6.45) is 5.54. The first-order chi connectivity index (χ1) is 10.2. The van der Waals surface area contributed by atoms with Crippen molar-refractivity contribution in [2.45, 2.75) is 25.7 Å². The number of quaternary nitrogens is 1. The van der Waals surface area contributed by atoms with Crippen molar-refractivity contribution in [3.63, 3.8) is 0 Å². The van der Waals surface area contributed by atoms with Crippen LogP contribution in [0.2, 0.25) is 0 Å². The zero-order chi connectivity index (χ0) is 15.1. The van der Waals surface area contributed by atoms with Gasteiger partial charge in [-0.2, -0.15) is 0 Å². The van der Waals surface area contributed by atoms with Gasteiger partial charge in [0.15, 0.2) is 0 Å². The molecule has 0 fully saturated rings. The number of hydrogen-bond donors (Lipinski definition) is 3. The van der Waals surface area contributed by atoms with Crippen LogP contribution in [0.1, 0.15) is 24.8 Å². The largest absolute Gasteiger partial charge is 0.361 e. The predicted molar refractivity (Wildman–Crippen MR) is 86.5 cm³/mol. The molecule has 0 aliphatic rings. The quantitative estimate of drug-likeness (QED) is 0.627. The number of carbonyl (C=O) groups excluding carboxylic acids is 1. The second kappa shape index (κ2) is 7.84. The molecule has 0 aliphatic heterocycles. The number of nitrogens with one attached hydrogen (secondary N) is 3. The van der Waals surface area contributed by atoms with E-state index in [1.54, 1.807) is 0 Å². The third-order valence-corrected chi connectivity index (χ3v) is 3.70. The Morgan fingerprint density at radius 1 is 1.24 bits per heavy atom. The first kappa shape index (κ1) is 15.6. The van der Waals surface area contributed by atoms with Crippen molar-refractivity contribution in [3.05, 3.63) is 36.0 Å². The Kier molecular flexibility index (Phi) is 5.81. The van der Waals surface area contributed by atoms with Gasteiger partial charge in [-0.25, -0.2) is 0 Å². The van der Waals surface area contributed by atoms with Crippen LogP contribution in [-0.4, -0.2) is 38.1 Å². The number of para-hydroxylation sites is 1. The van der Waals surface area contributed by atoms with Gasteiger partial charge >= 0.3 is 0 Å². The predicted octanol–water partition coefficient (Wildman–Crippen LogP) is 1.14. The van der Waals surface area contributed by atoms with E-state index < -0.39 is 0 Å². The van der Waals surface area contributed by atoms with E-state index in [0.29, 0.717) is 6.42 Å². The Bertz CT molecular complexity index is 574. The van der Waals surface area contributed by atoms with Gasteiger partial charge in [-0.05, 0) is 24.5 Å². The van der Waals surface area contributed by atoms with Crippen molar-refractivity contribution in [3.8, 4) is 0 Å². The molecule has 0 unspecified atom stereocenters. The van der Waals surface area contributed by atoms with Crippen LogP contribution in [0.15, 0.2) is 30.5 Å². The molecule has 3 N–H and O–H groups in total. The van der Waals surface area contributed by atoms with Gasteiger partial charge in [0.1, 0.15) is 0 Å². The molecule has 0 radical (unpaired) electrons. The topological polar surface area (TPSA) is 49.3 Å². The molecule has 4 nitrogen and oxygen atoms in total. The number of amides is 1. The summed E-state index contributed by atoms with van der Waals surface area (Å²) in [5.74, 6) is 0.170. The molecule has 0 aliphatic carbocycles. The Morgan fingerprint density at radius 2 is 2.05 bits per heavy atom. The molecular weight excluding hydrogens is 262 g/mol. The van der Waals surface area contributed by atoms with Crippen molar-refractivity contribution in [1.29, 1.82) is 0 Å². The molecule has 2 rings (SSSR count). The Labute approximate surface area is 126 Å². The van der Waals surface area contributed by atoms with E-state index in [9.17, 15) is 4.79 Å². The summed E-state index contributed by atoms with van der Waals surface area (Å²) >= 11 is 0. The fraction of sp³-hybridized carbons (Fsp3) is 0.471. The highest BCUT2D eigenvalue weighted by Crippen LogP contribution is 2.19. The number of hydrogen-bond acceptors (Lipinski definition) is 1. The molecular formula is C17H26N3O+. The van der Waals surface area contributed by atoms with Gasteiger partial charge in [0.2, 0.25) is 5.91 Å². The lowest BCUT2D eigenvalue weighted by Gasteiger charge is -2.08. The monoisotopic (exact) mass is 288 g/mol. The summed E-state index contributed by atoms with van der Waals surface area (Å²) < 4.78 is 0.